The smallest absolute Gasteiger partial charge is 0.234 e. The molecule has 8 heteroatoms. The van der Waals surface area contributed by atoms with Gasteiger partial charge in [-0.25, -0.2) is 13.8 Å². The van der Waals surface area contributed by atoms with Gasteiger partial charge in [-0.15, -0.1) is 11.8 Å². The van der Waals surface area contributed by atoms with Crippen LogP contribution in [0.5, 0.6) is 5.75 Å². The average Bonchev–Trinajstić information content (AvgIpc) is 3.16. The Labute approximate surface area is 175 Å². The predicted octanol–water partition coefficient (Wildman–Crippen LogP) is 4.92. The minimum atomic E-state index is -0.934. The van der Waals surface area contributed by atoms with Crippen molar-refractivity contribution in [3.05, 3.63) is 90.4 Å². The van der Waals surface area contributed by atoms with E-state index in [1.54, 1.807) is 24.3 Å². The third kappa shape index (κ3) is 4.96. The van der Waals surface area contributed by atoms with E-state index in [1.165, 1.54) is 6.07 Å². The average molecular weight is 425 g/mol. The lowest BCUT2D eigenvalue weighted by Gasteiger charge is -2.08. The number of pyridine rings is 1. The van der Waals surface area contributed by atoms with Gasteiger partial charge in [0.25, 0.3) is 0 Å². The molecule has 0 saturated carbocycles. The van der Waals surface area contributed by atoms with Gasteiger partial charge in [0.15, 0.2) is 11.6 Å². The first-order chi connectivity index (χ1) is 14.6. The maximum Gasteiger partial charge on any atom is 0.234 e. The number of hydrogen-bond donors (Lipinski definition) is 1. The van der Waals surface area contributed by atoms with E-state index in [0.29, 0.717) is 22.9 Å². The van der Waals surface area contributed by atoms with Crippen LogP contribution in [0.1, 0.15) is 5.69 Å². The summed E-state index contributed by atoms with van der Waals surface area (Å²) in [5.74, 6) is -1.45. The van der Waals surface area contributed by atoms with Crippen molar-refractivity contribution in [1.82, 2.24) is 9.38 Å². The molecule has 1 N–H and O–H groups in total. The van der Waals surface area contributed by atoms with Crippen LogP contribution in [-0.4, -0.2) is 21.0 Å². The number of hydrogen-bond acceptors (Lipinski definition) is 4. The zero-order valence-electron chi connectivity index (χ0n) is 15.7. The molecule has 0 aliphatic carbocycles. The minimum absolute atomic E-state index is 0.0669. The van der Waals surface area contributed by atoms with Crippen LogP contribution in [0, 0.1) is 11.6 Å². The van der Waals surface area contributed by atoms with E-state index in [9.17, 15) is 13.6 Å². The molecule has 0 unspecified atom stereocenters. The number of benzene rings is 2. The summed E-state index contributed by atoms with van der Waals surface area (Å²) in [6.45, 7) is 0.297. The molecule has 0 radical (unpaired) electrons. The number of nitrogens with zero attached hydrogens (tertiary/aromatic N) is 2. The molecule has 0 fully saturated rings. The van der Waals surface area contributed by atoms with E-state index in [-0.39, 0.29) is 11.7 Å². The molecule has 0 spiro atoms. The number of ether oxygens (including phenoxy) is 1. The third-order valence-corrected chi connectivity index (χ3v) is 5.17. The summed E-state index contributed by atoms with van der Waals surface area (Å²) in [7, 11) is 0. The molecule has 0 atom stereocenters. The van der Waals surface area contributed by atoms with Gasteiger partial charge in [-0.2, -0.15) is 0 Å². The molecule has 2 heterocycles. The summed E-state index contributed by atoms with van der Waals surface area (Å²) < 4.78 is 33.9. The van der Waals surface area contributed by atoms with Crippen molar-refractivity contribution < 1.29 is 18.3 Å². The van der Waals surface area contributed by atoms with Crippen molar-refractivity contribution in [2.24, 2.45) is 0 Å². The van der Waals surface area contributed by atoms with Gasteiger partial charge in [0, 0.05) is 29.0 Å². The van der Waals surface area contributed by atoms with Gasteiger partial charge < -0.3 is 14.5 Å². The summed E-state index contributed by atoms with van der Waals surface area (Å²) in [6, 6.07) is 16.3. The molecular formula is C22H17F2N3O2S. The molecule has 0 bridgehead atoms. The molecule has 5 nitrogen and oxygen atoms in total. The van der Waals surface area contributed by atoms with Gasteiger partial charge in [-0.1, -0.05) is 12.1 Å². The topological polar surface area (TPSA) is 55.6 Å². The minimum Gasteiger partial charge on any atom is -0.487 e. The number of aromatic nitrogens is 2. The Bertz CT molecular complexity index is 1160. The fourth-order valence-electron chi connectivity index (χ4n) is 2.79. The molecule has 0 aliphatic rings. The standard InChI is InChI=1S/C22H17F2N3O2S/c23-19-8-7-18(11-20(19)24)30-14-22(28)26-15-4-3-5-17(10-15)29-13-16-12-27-9-2-1-6-21(27)25-16/h1-12H,13-14H2,(H,26,28). The maximum absolute atomic E-state index is 13.2. The van der Waals surface area contributed by atoms with Gasteiger partial charge >= 0.3 is 0 Å². The molecule has 2 aromatic carbocycles. The molecule has 4 rings (SSSR count). The van der Waals surface area contributed by atoms with Crippen molar-refractivity contribution >= 4 is 29.0 Å². The second kappa shape index (κ2) is 8.96. The number of anilines is 1. The Hall–Kier alpha value is -3.39. The van der Waals surface area contributed by atoms with E-state index in [4.69, 9.17) is 4.74 Å². The third-order valence-electron chi connectivity index (χ3n) is 4.18. The molecule has 4 aromatic rings. The normalized spacial score (nSPS) is 10.9. The maximum atomic E-state index is 13.2. The van der Waals surface area contributed by atoms with Crippen LogP contribution in [0.15, 0.2) is 78.0 Å². The van der Waals surface area contributed by atoms with Gasteiger partial charge in [-0.05, 0) is 42.5 Å². The van der Waals surface area contributed by atoms with Crippen molar-refractivity contribution in [1.29, 1.82) is 0 Å². The van der Waals surface area contributed by atoms with Gasteiger partial charge in [0.05, 0.1) is 11.4 Å². The first kappa shape index (κ1) is 19.9. The van der Waals surface area contributed by atoms with Crippen LogP contribution in [0.3, 0.4) is 0 Å². The van der Waals surface area contributed by atoms with Crippen molar-refractivity contribution in [3.8, 4) is 5.75 Å². The van der Waals surface area contributed by atoms with E-state index >= 15 is 0 Å². The number of imidazole rings is 1. The molecule has 0 saturated heterocycles. The van der Waals surface area contributed by atoms with E-state index in [0.717, 1.165) is 35.2 Å². The lowest BCUT2D eigenvalue weighted by Crippen LogP contribution is -2.14. The summed E-state index contributed by atoms with van der Waals surface area (Å²) in [5.41, 5.74) is 2.22. The lowest BCUT2D eigenvalue weighted by atomic mass is 10.3. The summed E-state index contributed by atoms with van der Waals surface area (Å²) >= 11 is 1.12. The predicted molar refractivity (Wildman–Crippen MR) is 112 cm³/mol. The number of thioether (sulfide) groups is 1. The molecular weight excluding hydrogens is 408 g/mol. The molecule has 30 heavy (non-hydrogen) atoms. The fraction of sp³-hybridized carbons (Fsp3) is 0.0909. The van der Waals surface area contributed by atoms with Crippen LogP contribution in [0.25, 0.3) is 5.65 Å². The van der Waals surface area contributed by atoms with Gasteiger partial charge in [0.1, 0.15) is 18.0 Å². The molecule has 152 valence electrons. The van der Waals surface area contributed by atoms with Crippen LogP contribution in [0.2, 0.25) is 0 Å². The van der Waals surface area contributed by atoms with Crippen molar-refractivity contribution in [2.75, 3.05) is 11.1 Å². The van der Waals surface area contributed by atoms with E-state index in [1.807, 2.05) is 35.0 Å². The SMILES string of the molecule is O=C(CSc1ccc(F)c(F)c1)Nc1cccc(OCc2cn3ccccc3n2)c1. The highest BCUT2D eigenvalue weighted by molar-refractivity contribution is 8.00. The second-order valence-corrected chi connectivity index (χ2v) is 7.48. The summed E-state index contributed by atoms with van der Waals surface area (Å²) in [6.07, 6.45) is 3.82. The van der Waals surface area contributed by atoms with E-state index in [2.05, 4.69) is 10.3 Å². The quantitative estimate of drug-likeness (QED) is 0.427. The number of rotatable bonds is 7. The molecule has 1 amide bonds. The van der Waals surface area contributed by atoms with Crippen LogP contribution in [0.4, 0.5) is 14.5 Å². The summed E-state index contributed by atoms with van der Waals surface area (Å²) in [5, 5.41) is 2.77. The van der Waals surface area contributed by atoms with Crippen molar-refractivity contribution in [3.63, 3.8) is 0 Å². The fourth-order valence-corrected chi connectivity index (χ4v) is 3.51. The highest BCUT2D eigenvalue weighted by Crippen LogP contribution is 2.22. The largest absolute Gasteiger partial charge is 0.487 e. The number of nitrogens with one attached hydrogen (secondary N) is 1. The second-order valence-electron chi connectivity index (χ2n) is 6.43. The first-order valence-electron chi connectivity index (χ1n) is 9.10. The number of carbonyl (C=O) groups is 1. The molecule has 0 aliphatic heterocycles. The number of amides is 1. The Morgan fingerprint density at radius 2 is 1.97 bits per heavy atom. The lowest BCUT2D eigenvalue weighted by molar-refractivity contribution is -0.113. The molecule has 2 aromatic heterocycles. The number of fused-ring (bicyclic) bond motifs is 1. The van der Waals surface area contributed by atoms with Crippen LogP contribution in [-0.2, 0) is 11.4 Å². The monoisotopic (exact) mass is 425 g/mol. The van der Waals surface area contributed by atoms with Crippen LogP contribution < -0.4 is 10.1 Å². The Balaban J connectivity index is 1.32. The Morgan fingerprint density at radius 1 is 1.07 bits per heavy atom. The summed E-state index contributed by atoms with van der Waals surface area (Å²) in [4.78, 5) is 17.1. The Kier molecular flexibility index (Phi) is 5.94. The van der Waals surface area contributed by atoms with Crippen LogP contribution >= 0.6 is 11.8 Å². The Morgan fingerprint density at radius 3 is 2.80 bits per heavy atom. The number of halogens is 2. The highest BCUT2D eigenvalue weighted by atomic mass is 32.2. The zero-order valence-corrected chi connectivity index (χ0v) is 16.5. The first-order valence-corrected chi connectivity index (χ1v) is 10.1. The van der Waals surface area contributed by atoms with E-state index < -0.39 is 11.6 Å². The highest BCUT2D eigenvalue weighted by Gasteiger charge is 2.08. The van der Waals surface area contributed by atoms with Crippen molar-refractivity contribution in [2.45, 2.75) is 11.5 Å². The zero-order chi connectivity index (χ0) is 20.9. The number of carbonyl (C=O) groups excluding carboxylic acids is 1. The van der Waals surface area contributed by atoms with Gasteiger partial charge in [-0.3, -0.25) is 4.79 Å². The van der Waals surface area contributed by atoms with Gasteiger partial charge in [0.2, 0.25) is 5.91 Å².